The number of benzene rings is 2. The van der Waals surface area contributed by atoms with Crippen molar-refractivity contribution in [2.45, 2.75) is 59.0 Å². The molecule has 37 heavy (non-hydrogen) atoms. The van der Waals surface area contributed by atoms with Crippen LogP contribution in [-0.2, 0) is 26.2 Å². The fourth-order valence-electron chi connectivity index (χ4n) is 3.92. The van der Waals surface area contributed by atoms with Gasteiger partial charge in [-0.2, -0.15) is 0 Å². The van der Waals surface area contributed by atoms with Crippen molar-refractivity contribution < 1.29 is 22.7 Å². The molecule has 0 fully saturated rings. The lowest BCUT2D eigenvalue weighted by Gasteiger charge is -2.29. The Kier molecular flexibility index (Phi) is 11.7. The smallest absolute Gasteiger partial charge is 0.242 e. The van der Waals surface area contributed by atoms with Crippen molar-refractivity contribution in [1.29, 1.82) is 0 Å². The molecule has 2 rings (SSSR count). The van der Waals surface area contributed by atoms with Crippen LogP contribution in [0.5, 0.6) is 5.75 Å². The zero-order valence-electron chi connectivity index (χ0n) is 22.3. The van der Waals surface area contributed by atoms with Gasteiger partial charge in [0.25, 0.3) is 0 Å². The highest BCUT2D eigenvalue weighted by Gasteiger charge is 2.27. The summed E-state index contributed by atoms with van der Waals surface area (Å²) in [4.78, 5) is 27.7. The second-order valence-electron chi connectivity index (χ2n) is 9.06. The SMILES string of the molecule is CCCCNC(=O)C(C)N(Cc1cccc(OC)c1)C(=O)CCCN(c1cc(Cl)ccc1C)S(C)(=O)=O. The topological polar surface area (TPSA) is 96.0 Å². The van der Waals surface area contributed by atoms with Crippen molar-refractivity contribution in [3.05, 3.63) is 58.6 Å². The van der Waals surface area contributed by atoms with Gasteiger partial charge in [-0.15, -0.1) is 0 Å². The Hall–Kier alpha value is -2.78. The largest absolute Gasteiger partial charge is 0.497 e. The summed E-state index contributed by atoms with van der Waals surface area (Å²) < 4.78 is 31.7. The number of amides is 2. The van der Waals surface area contributed by atoms with Crippen molar-refractivity contribution in [3.8, 4) is 5.75 Å². The molecule has 0 aliphatic rings. The van der Waals surface area contributed by atoms with Crippen LogP contribution in [0.3, 0.4) is 0 Å². The molecule has 0 bridgehead atoms. The molecule has 0 radical (unpaired) electrons. The van der Waals surface area contributed by atoms with Crippen LogP contribution in [0.25, 0.3) is 0 Å². The van der Waals surface area contributed by atoms with Crippen LogP contribution in [0, 0.1) is 6.92 Å². The van der Waals surface area contributed by atoms with E-state index < -0.39 is 16.1 Å². The van der Waals surface area contributed by atoms with Gasteiger partial charge < -0.3 is 15.0 Å². The first-order chi connectivity index (χ1) is 17.5. The Morgan fingerprint density at radius 1 is 1.14 bits per heavy atom. The molecule has 0 aromatic heterocycles. The predicted octanol–water partition coefficient (Wildman–Crippen LogP) is 4.54. The highest BCUT2D eigenvalue weighted by Crippen LogP contribution is 2.27. The molecule has 0 aliphatic heterocycles. The molecule has 0 heterocycles. The van der Waals surface area contributed by atoms with E-state index in [9.17, 15) is 18.0 Å². The summed E-state index contributed by atoms with van der Waals surface area (Å²) in [5, 5.41) is 3.33. The van der Waals surface area contributed by atoms with Gasteiger partial charge >= 0.3 is 0 Å². The van der Waals surface area contributed by atoms with Crippen LogP contribution in [0.1, 0.15) is 50.7 Å². The van der Waals surface area contributed by atoms with Crippen molar-refractivity contribution in [2.24, 2.45) is 0 Å². The molecular weight excluding hydrogens is 514 g/mol. The van der Waals surface area contributed by atoms with Crippen molar-refractivity contribution >= 4 is 39.1 Å². The van der Waals surface area contributed by atoms with Gasteiger partial charge in [-0.25, -0.2) is 8.42 Å². The molecule has 0 saturated carbocycles. The first-order valence-corrected chi connectivity index (χ1v) is 14.6. The molecule has 1 unspecified atom stereocenters. The maximum Gasteiger partial charge on any atom is 0.242 e. The number of anilines is 1. The minimum atomic E-state index is -3.60. The monoisotopic (exact) mass is 551 g/mol. The van der Waals surface area contributed by atoms with E-state index in [0.717, 1.165) is 30.2 Å². The number of hydrogen-bond donors (Lipinski definition) is 1. The van der Waals surface area contributed by atoms with Crippen LogP contribution in [0.2, 0.25) is 5.02 Å². The van der Waals surface area contributed by atoms with Gasteiger partial charge in [-0.1, -0.05) is 43.1 Å². The maximum atomic E-state index is 13.4. The van der Waals surface area contributed by atoms with E-state index in [2.05, 4.69) is 5.32 Å². The van der Waals surface area contributed by atoms with Gasteiger partial charge in [-0.05, 0) is 62.1 Å². The maximum absolute atomic E-state index is 13.4. The van der Waals surface area contributed by atoms with Gasteiger partial charge in [-0.3, -0.25) is 13.9 Å². The van der Waals surface area contributed by atoms with Crippen LogP contribution >= 0.6 is 11.6 Å². The summed E-state index contributed by atoms with van der Waals surface area (Å²) in [5.41, 5.74) is 2.07. The zero-order chi connectivity index (χ0) is 27.6. The minimum Gasteiger partial charge on any atom is -0.497 e. The van der Waals surface area contributed by atoms with Crippen molar-refractivity contribution in [1.82, 2.24) is 10.2 Å². The molecule has 1 N–H and O–H groups in total. The third-order valence-corrected chi connectivity index (χ3v) is 7.49. The fraction of sp³-hybridized carbons (Fsp3) is 0.481. The molecule has 10 heteroatoms. The normalized spacial score (nSPS) is 12.1. The fourth-order valence-corrected chi connectivity index (χ4v) is 5.10. The average Bonchev–Trinajstić information content (AvgIpc) is 2.85. The Morgan fingerprint density at radius 3 is 2.51 bits per heavy atom. The van der Waals surface area contributed by atoms with E-state index in [1.165, 1.54) is 9.21 Å². The Morgan fingerprint density at radius 2 is 1.86 bits per heavy atom. The Bertz CT molecular complexity index is 1170. The average molecular weight is 552 g/mol. The molecular formula is C27H38ClN3O5S. The van der Waals surface area contributed by atoms with E-state index in [0.29, 0.717) is 23.0 Å². The highest BCUT2D eigenvalue weighted by molar-refractivity contribution is 7.92. The molecule has 0 saturated heterocycles. The standard InChI is InChI=1S/C27H38ClN3O5S/c1-6-7-15-29-27(33)21(3)30(19-22-10-8-11-24(17-22)36-4)26(32)12-9-16-31(37(5,34)35)25-18-23(28)14-13-20(25)2/h8,10-11,13-14,17-18,21H,6-7,9,12,15-16,19H2,1-5H3,(H,29,33). The molecule has 1 atom stereocenters. The van der Waals surface area contributed by atoms with Crippen LogP contribution in [0.4, 0.5) is 5.69 Å². The van der Waals surface area contributed by atoms with Crippen LogP contribution in [0.15, 0.2) is 42.5 Å². The number of carbonyl (C=O) groups excluding carboxylic acids is 2. The van der Waals surface area contributed by atoms with E-state index in [1.54, 1.807) is 32.2 Å². The molecule has 0 aliphatic carbocycles. The van der Waals surface area contributed by atoms with Gasteiger partial charge in [0.1, 0.15) is 11.8 Å². The molecule has 204 valence electrons. The second kappa shape index (κ2) is 14.2. The predicted molar refractivity (Wildman–Crippen MR) is 149 cm³/mol. The zero-order valence-corrected chi connectivity index (χ0v) is 23.9. The number of hydrogen-bond acceptors (Lipinski definition) is 5. The summed E-state index contributed by atoms with van der Waals surface area (Å²) in [7, 11) is -2.03. The lowest BCUT2D eigenvalue weighted by atomic mass is 10.1. The van der Waals surface area contributed by atoms with Gasteiger partial charge in [0.15, 0.2) is 0 Å². The number of aryl methyl sites for hydroxylation is 1. The Balaban J connectivity index is 2.20. The number of nitrogens with one attached hydrogen (secondary N) is 1. The second-order valence-corrected chi connectivity index (χ2v) is 11.4. The van der Waals surface area contributed by atoms with Crippen LogP contribution < -0.4 is 14.4 Å². The molecule has 0 spiro atoms. The quantitative estimate of drug-likeness (QED) is 0.348. The molecule has 8 nitrogen and oxygen atoms in total. The number of carbonyl (C=O) groups is 2. The number of ether oxygens (including phenoxy) is 1. The van der Waals surface area contributed by atoms with Gasteiger partial charge in [0, 0.05) is 31.1 Å². The molecule has 2 aromatic carbocycles. The van der Waals surface area contributed by atoms with Gasteiger partial charge in [0.05, 0.1) is 19.1 Å². The minimum absolute atomic E-state index is 0.0716. The summed E-state index contributed by atoms with van der Waals surface area (Å²) in [6, 6.07) is 11.7. The number of methoxy groups -OCH3 is 1. The van der Waals surface area contributed by atoms with E-state index >= 15 is 0 Å². The third kappa shape index (κ3) is 9.23. The number of rotatable bonds is 14. The summed E-state index contributed by atoms with van der Waals surface area (Å²) in [5.74, 6) is 0.194. The lowest BCUT2D eigenvalue weighted by molar-refractivity contribution is -0.140. The van der Waals surface area contributed by atoms with Crippen LogP contribution in [-0.4, -0.2) is 57.6 Å². The summed E-state index contributed by atoms with van der Waals surface area (Å²) >= 11 is 6.12. The Labute approximate surface area is 226 Å². The number of sulfonamides is 1. The number of halogens is 1. The first kappa shape index (κ1) is 30.4. The van der Waals surface area contributed by atoms with E-state index in [4.69, 9.17) is 16.3 Å². The summed E-state index contributed by atoms with van der Waals surface area (Å²) in [6.45, 7) is 6.43. The summed E-state index contributed by atoms with van der Waals surface area (Å²) in [6.07, 6.45) is 3.28. The molecule has 2 amide bonds. The van der Waals surface area contributed by atoms with Gasteiger partial charge in [0.2, 0.25) is 21.8 Å². The van der Waals surface area contributed by atoms with Crippen molar-refractivity contribution in [3.63, 3.8) is 0 Å². The highest BCUT2D eigenvalue weighted by atomic mass is 35.5. The van der Waals surface area contributed by atoms with Crippen molar-refractivity contribution in [2.75, 3.05) is 30.8 Å². The van der Waals surface area contributed by atoms with E-state index in [-0.39, 0.29) is 37.7 Å². The number of unbranched alkanes of at least 4 members (excludes halogenated alkanes) is 1. The third-order valence-electron chi connectivity index (χ3n) is 6.08. The molecule has 2 aromatic rings. The van der Waals surface area contributed by atoms with E-state index in [1.807, 2.05) is 38.1 Å². The first-order valence-electron chi connectivity index (χ1n) is 12.4. The number of nitrogens with zero attached hydrogens (tertiary/aromatic N) is 2. The lowest BCUT2D eigenvalue weighted by Crippen LogP contribution is -2.48.